The Kier molecular flexibility index (Phi) is 8.53. The first-order valence-corrected chi connectivity index (χ1v) is 13.0. The fraction of sp³-hybridized carbons (Fsp3) is 0.276. The lowest BCUT2D eigenvalue weighted by molar-refractivity contribution is 0.0790. The number of nitrogens with one attached hydrogen (secondary N) is 1. The Labute approximate surface area is 217 Å². The number of carbonyl (C=O) groups excluding carboxylic acids is 1. The summed E-state index contributed by atoms with van der Waals surface area (Å²) in [5.41, 5.74) is 4.11. The molecule has 0 aliphatic carbocycles. The van der Waals surface area contributed by atoms with Gasteiger partial charge in [0.15, 0.2) is 0 Å². The van der Waals surface area contributed by atoms with Gasteiger partial charge in [0.25, 0.3) is 5.91 Å². The Bertz CT molecular complexity index is 1270. The minimum Gasteiger partial charge on any atom is -0.373 e. The van der Waals surface area contributed by atoms with Gasteiger partial charge in [-0.25, -0.2) is 4.99 Å². The average molecular weight is 498 g/mol. The van der Waals surface area contributed by atoms with Crippen LogP contribution in [0.4, 0.5) is 10.7 Å². The van der Waals surface area contributed by atoms with Gasteiger partial charge in [0.2, 0.25) is 0 Å². The van der Waals surface area contributed by atoms with Gasteiger partial charge >= 0.3 is 0 Å². The van der Waals surface area contributed by atoms with E-state index in [9.17, 15) is 10.1 Å². The summed E-state index contributed by atoms with van der Waals surface area (Å²) in [5.74, 6) is -0.117. The zero-order valence-electron chi connectivity index (χ0n) is 20.6. The lowest BCUT2D eigenvalue weighted by Gasteiger charge is -2.23. The number of nitriles is 1. The highest BCUT2D eigenvalue weighted by molar-refractivity contribution is 7.18. The first-order chi connectivity index (χ1) is 17.5. The zero-order chi connectivity index (χ0) is 25.3. The van der Waals surface area contributed by atoms with E-state index in [0.717, 1.165) is 47.6 Å². The molecule has 1 aromatic heterocycles. The van der Waals surface area contributed by atoms with Crippen molar-refractivity contribution in [3.05, 3.63) is 88.8 Å². The number of hydrogen-bond acceptors (Lipinski definition) is 5. The van der Waals surface area contributed by atoms with Gasteiger partial charge in [0, 0.05) is 33.2 Å². The van der Waals surface area contributed by atoms with E-state index in [4.69, 9.17) is 4.99 Å². The van der Waals surface area contributed by atoms with Crippen LogP contribution in [0.25, 0.3) is 5.57 Å². The summed E-state index contributed by atoms with van der Waals surface area (Å²) >= 11 is 1.40. The second-order valence-corrected chi connectivity index (χ2v) is 9.97. The molecule has 1 fully saturated rings. The number of piperidine rings is 1. The maximum absolute atomic E-state index is 13.5. The first kappa shape index (κ1) is 25.2. The number of amides is 1. The lowest BCUT2D eigenvalue weighted by Crippen LogP contribution is -2.28. The van der Waals surface area contributed by atoms with Crippen molar-refractivity contribution in [3.63, 3.8) is 0 Å². The number of aliphatic imine (C=N–C) groups is 1. The van der Waals surface area contributed by atoms with E-state index < -0.39 is 0 Å². The standard InChI is InChI=1S/C29H31N5OS/c1-22(23-11-5-3-6-12-23)19-31-27-17-26(32-21-34-15-9-4-10-16-34)28(36-27)29(35)33(2)20-25-14-8-7-13-24(25)18-30/h3,5-8,11-14,17,21,31H,1,4,9-10,15-16,19-20H2,2H3. The average Bonchev–Trinajstić information content (AvgIpc) is 3.34. The minimum atomic E-state index is -0.117. The van der Waals surface area contributed by atoms with E-state index in [1.54, 1.807) is 18.0 Å². The Morgan fingerprint density at radius 3 is 2.64 bits per heavy atom. The van der Waals surface area contributed by atoms with Crippen LogP contribution in [0.3, 0.4) is 0 Å². The molecule has 2 aromatic carbocycles. The highest BCUT2D eigenvalue weighted by Gasteiger charge is 2.21. The van der Waals surface area contributed by atoms with Gasteiger partial charge in [-0.2, -0.15) is 5.26 Å². The fourth-order valence-electron chi connectivity index (χ4n) is 4.13. The number of thiophene rings is 1. The van der Waals surface area contributed by atoms with Crippen LogP contribution in [0.1, 0.15) is 45.6 Å². The molecule has 0 radical (unpaired) electrons. The van der Waals surface area contributed by atoms with Crippen LogP contribution in [-0.2, 0) is 6.54 Å². The van der Waals surface area contributed by atoms with Crippen molar-refractivity contribution in [2.75, 3.05) is 32.0 Å². The van der Waals surface area contributed by atoms with Crippen LogP contribution in [0, 0.1) is 11.3 Å². The third kappa shape index (κ3) is 6.41. The predicted octanol–water partition coefficient (Wildman–Crippen LogP) is 6.16. The molecule has 6 nitrogen and oxygen atoms in total. The number of nitrogens with zero attached hydrogens (tertiary/aromatic N) is 4. The number of anilines is 1. The Morgan fingerprint density at radius 1 is 1.17 bits per heavy atom. The second kappa shape index (κ2) is 12.2. The molecule has 0 bridgehead atoms. The molecule has 0 saturated carbocycles. The Hall–Kier alpha value is -3.89. The van der Waals surface area contributed by atoms with E-state index in [-0.39, 0.29) is 5.91 Å². The topological polar surface area (TPSA) is 71.7 Å². The molecule has 1 aliphatic rings. The van der Waals surface area contributed by atoms with Gasteiger partial charge in [-0.3, -0.25) is 4.79 Å². The summed E-state index contributed by atoms with van der Waals surface area (Å²) < 4.78 is 0. The number of rotatable bonds is 9. The van der Waals surface area contributed by atoms with Gasteiger partial charge in [-0.05, 0) is 48.1 Å². The summed E-state index contributed by atoms with van der Waals surface area (Å²) in [6.45, 7) is 7.10. The van der Waals surface area contributed by atoms with Crippen LogP contribution in [-0.4, -0.2) is 48.7 Å². The highest BCUT2D eigenvalue weighted by atomic mass is 32.1. The van der Waals surface area contributed by atoms with Crippen molar-refractivity contribution in [1.82, 2.24) is 9.80 Å². The summed E-state index contributed by atoms with van der Waals surface area (Å²) in [6, 6.07) is 21.6. The Balaban J connectivity index is 1.53. The molecule has 1 aliphatic heterocycles. The van der Waals surface area contributed by atoms with Crippen molar-refractivity contribution in [2.24, 2.45) is 4.99 Å². The normalized spacial score (nSPS) is 13.4. The van der Waals surface area contributed by atoms with Gasteiger partial charge in [0.1, 0.15) is 4.88 Å². The molecular weight excluding hydrogens is 466 g/mol. The van der Waals surface area contributed by atoms with Gasteiger partial charge < -0.3 is 15.1 Å². The lowest BCUT2D eigenvalue weighted by atomic mass is 10.1. The molecule has 1 amide bonds. The molecular formula is C29H31N5OS. The molecule has 4 rings (SSSR count). The number of carbonyl (C=O) groups is 1. The summed E-state index contributed by atoms with van der Waals surface area (Å²) in [4.78, 5) is 22.7. The Morgan fingerprint density at radius 2 is 1.89 bits per heavy atom. The molecule has 1 saturated heterocycles. The van der Waals surface area contributed by atoms with Crippen LogP contribution >= 0.6 is 11.3 Å². The van der Waals surface area contributed by atoms with Crippen molar-refractivity contribution < 1.29 is 4.79 Å². The molecule has 184 valence electrons. The van der Waals surface area contributed by atoms with Gasteiger partial charge in [0.05, 0.1) is 28.7 Å². The van der Waals surface area contributed by atoms with Crippen LogP contribution in [0.2, 0.25) is 0 Å². The number of hydrogen-bond donors (Lipinski definition) is 1. The summed E-state index contributed by atoms with van der Waals surface area (Å²) in [7, 11) is 1.76. The summed E-state index contributed by atoms with van der Waals surface area (Å²) in [5, 5.41) is 13.7. The molecule has 1 N–H and O–H groups in total. The van der Waals surface area contributed by atoms with E-state index in [2.05, 4.69) is 22.9 Å². The maximum Gasteiger partial charge on any atom is 0.266 e. The quantitative estimate of drug-likeness (QED) is 0.284. The molecule has 7 heteroatoms. The molecule has 0 atom stereocenters. The fourth-order valence-corrected chi connectivity index (χ4v) is 5.13. The van der Waals surface area contributed by atoms with E-state index in [1.807, 2.05) is 60.9 Å². The third-order valence-electron chi connectivity index (χ3n) is 6.21. The third-order valence-corrected chi connectivity index (χ3v) is 7.28. The summed E-state index contributed by atoms with van der Waals surface area (Å²) in [6.07, 6.45) is 5.45. The zero-order valence-corrected chi connectivity index (χ0v) is 21.4. The number of benzene rings is 2. The predicted molar refractivity (Wildman–Crippen MR) is 149 cm³/mol. The van der Waals surface area contributed by atoms with Crippen molar-refractivity contribution in [2.45, 2.75) is 25.8 Å². The van der Waals surface area contributed by atoms with Gasteiger partial charge in [-0.15, -0.1) is 11.3 Å². The molecule has 36 heavy (non-hydrogen) atoms. The smallest absolute Gasteiger partial charge is 0.266 e. The van der Waals surface area contributed by atoms with Crippen LogP contribution < -0.4 is 5.32 Å². The molecule has 3 aromatic rings. The van der Waals surface area contributed by atoms with Crippen LogP contribution in [0.15, 0.2) is 72.2 Å². The van der Waals surface area contributed by atoms with E-state index >= 15 is 0 Å². The van der Waals surface area contributed by atoms with Gasteiger partial charge in [-0.1, -0.05) is 55.1 Å². The highest BCUT2D eigenvalue weighted by Crippen LogP contribution is 2.35. The minimum absolute atomic E-state index is 0.117. The van der Waals surface area contributed by atoms with Crippen molar-refractivity contribution in [3.8, 4) is 6.07 Å². The van der Waals surface area contributed by atoms with E-state index in [0.29, 0.717) is 29.2 Å². The molecule has 0 unspecified atom stereocenters. The molecule has 0 spiro atoms. The number of likely N-dealkylation sites (tertiary alicyclic amines) is 1. The first-order valence-electron chi connectivity index (χ1n) is 12.2. The van der Waals surface area contributed by atoms with Crippen LogP contribution in [0.5, 0.6) is 0 Å². The molecule has 2 heterocycles. The maximum atomic E-state index is 13.5. The van der Waals surface area contributed by atoms with Crippen molar-refractivity contribution >= 4 is 39.8 Å². The van der Waals surface area contributed by atoms with Crippen molar-refractivity contribution in [1.29, 1.82) is 5.26 Å². The monoisotopic (exact) mass is 497 g/mol. The second-order valence-electron chi connectivity index (χ2n) is 8.92. The largest absolute Gasteiger partial charge is 0.373 e. The van der Waals surface area contributed by atoms with E-state index in [1.165, 1.54) is 17.8 Å². The SMILES string of the molecule is C=C(CNc1cc(N=CN2CCCCC2)c(C(=O)N(C)Cc2ccccc2C#N)s1)c1ccccc1.